The Morgan fingerprint density at radius 2 is 2.44 bits per heavy atom. The lowest BCUT2D eigenvalue weighted by Crippen LogP contribution is -2.39. The minimum Gasteiger partial charge on any atom is -0.378 e. The summed E-state index contributed by atoms with van der Waals surface area (Å²) >= 11 is 0. The van der Waals surface area contributed by atoms with Crippen LogP contribution in [-0.4, -0.2) is 37.7 Å². The fraction of sp³-hybridized carbons (Fsp3) is 0.917. The zero-order valence-corrected chi connectivity index (χ0v) is 10.00. The molecule has 16 heavy (non-hydrogen) atoms. The van der Waals surface area contributed by atoms with Crippen LogP contribution in [0, 0.1) is 5.92 Å². The molecule has 2 aliphatic rings. The van der Waals surface area contributed by atoms with Crippen LogP contribution in [-0.2, 0) is 9.53 Å². The Bertz CT molecular complexity index is 233. The highest BCUT2D eigenvalue weighted by Crippen LogP contribution is 2.17. The molecule has 1 amide bonds. The van der Waals surface area contributed by atoms with Crippen LogP contribution in [0.25, 0.3) is 0 Å². The second-order valence-electron chi connectivity index (χ2n) is 4.97. The van der Waals surface area contributed by atoms with E-state index in [0.29, 0.717) is 6.10 Å². The minimum absolute atomic E-state index is 0.173. The van der Waals surface area contributed by atoms with E-state index in [9.17, 15) is 4.79 Å². The van der Waals surface area contributed by atoms with E-state index in [1.165, 1.54) is 0 Å². The van der Waals surface area contributed by atoms with E-state index in [4.69, 9.17) is 4.74 Å². The van der Waals surface area contributed by atoms with Crippen LogP contribution in [0.3, 0.4) is 0 Å². The van der Waals surface area contributed by atoms with E-state index in [1.807, 2.05) is 0 Å². The first-order chi connectivity index (χ1) is 7.75. The second kappa shape index (κ2) is 5.64. The first-order valence-corrected chi connectivity index (χ1v) is 6.38. The largest absolute Gasteiger partial charge is 0.378 e. The predicted octanol–water partition coefficient (Wildman–Crippen LogP) is 0.670. The van der Waals surface area contributed by atoms with Crippen LogP contribution in [0.5, 0.6) is 0 Å². The first kappa shape index (κ1) is 11.9. The molecular formula is C12H22N2O2. The summed E-state index contributed by atoms with van der Waals surface area (Å²) in [7, 11) is 0. The normalized spacial score (nSPS) is 31.6. The maximum atomic E-state index is 11.8. The van der Waals surface area contributed by atoms with Crippen molar-refractivity contribution in [1.29, 1.82) is 0 Å². The van der Waals surface area contributed by atoms with Gasteiger partial charge in [-0.05, 0) is 39.2 Å². The molecule has 4 heteroatoms. The van der Waals surface area contributed by atoms with Crippen LogP contribution in [0.15, 0.2) is 0 Å². The zero-order chi connectivity index (χ0) is 11.4. The van der Waals surface area contributed by atoms with Crippen molar-refractivity contribution >= 4 is 5.91 Å². The molecule has 0 spiro atoms. The molecule has 2 saturated heterocycles. The van der Waals surface area contributed by atoms with Crippen molar-refractivity contribution in [3.8, 4) is 0 Å². The third kappa shape index (κ3) is 3.19. The van der Waals surface area contributed by atoms with Crippen LogP contribution < -0.4 is 10.6 Å². The third-order valence-electron chi connectivity index (χ3n) is 3.46. The van der Waals surface area contributed by atoms with Crippen LogP contribution >= 0.6 is 0 Å². The Balaban J connectivity index is 1.68. The molecule has 0 radical (unpaired) electrons. The average Bonchev–Trinajstić information content (AvgIpc) is 2.88. The zero-order valence-electron chi connectivity index (χ0n) is 10.00. The molecule has 0 aliphatic carbocycles. The minimum atomic E-state index is 0.173. The highest BCUT2D eigenvalue weighted by molar-refractivity contribution is 5.79. The molecule has 2 N–H and O–H groups in total. The smallest absolute Gasteiger partial charge is 0.224 e. The molecule has 0 bridgehead atoms. The topological polar surface area (TPSA) is 50.4 Å². The van der Waals surface area contributed by atoms with E-state index < -0.39 is 0 Å². The summed E-state index contributed by atoms with van der Waals surface area (Å²) < 4.78 is 5.57. The van der Waals surface area contributed by atoms with Crippen molar-refractivity contribution in [2.75, 3.05) is 19.7 Å². The molecule has 2 rings (SSSR count). The van der Waals surface area contributed by atoms with Gasteiger partial charge in [-0.1, -0.05) is 0 Å². The molecule has 3 atom stereocenters. The van der Waals surface area contributed by atoms with Crippen molar-refractivity contribution in [3.63, 3.8) is 0 Å². The van der Waals surface area contributed by atoms with Crippen molar-refractivity contribution in [1.82, 2.24) is 10.6 Å². The van der Waals surface area contributed by atoms with Gasteiger partial charge in [-0.2, -0.15) is 0 Å². The molecule has 0 unspecified atom stereocenters. The summed E-state index contributed by atoms with van der Waals surface area (Å²) in [5, 5.41) is 6.30. The van der Waals surface area contributed by atoms with Gasteiger partial charge >= 0.3 is 0 Å². The molecule has 92 valence electrons. The van der Waals surface area contributed by atoms with E-state index in [0.717, 1.165) is 45.4 Å². The molecular weight excluding hydrogens is 204 g/mol. The van der Waals surface area contributed by atoms with Crippen LogP contribution in [0.1, 0.15) is 32.6 Å². The first-order valence-electron chi connectivity index (χ1n) is 6.38. The number of carbonyl (C=O) groups is 1. The molecule has 2 aliphatic heterocycles. The molecule has 4 nitrogen and oxygen atoms in total. The standard InChI is InChI=1S/C12H22N2O2/c1-9(7-11-3-2-6-16-11)14-12(15)10-4-5-13-8-10/h9-11,13H,2-8H2,1H3,(H,14,15)/t9-,10-,11+/m1/s1. The van der Waals surface area contributed by atoms with Gasteiger partial charge in [0, 0.05) is 19.2 Å². The molecule has 2 fully saturated rings. The highest BCUT2D eigenvalue weighted by Gasteiger charge is 2.25. The number of hydrogen-bond donors (Lipinski definition) is 2. The molecule has 0 aromatic rings. The third-order valence-corrected chi connectivity index (χ3v) is 3.46. The lowest BCUT2D eigenvalue weighted by Gasteiger charge is -2.19. The van der Waals surface area contributed by atoms with Gasteiger partial charge in [0.1, 0.15) is 0 Å². The summed E-state index contributed by atoms with van der Waals surface area (Å²) in [6.45, 7) is 4.76. The molecule has 2 heterocycles. The SMILES string of the molecule is C[C@H](C[C@@H]1CCCO1)NC(=O)[C@@H]1CCNC1. The van der Waals surface area contributed by atoms with Crippen molar-refractivity contribution in [2.24, 2.45) is 5.92 Å². The second-order valence-corrected chi connectivity index (χ2v) is 4.97. The number of rotatable bonds is 4. The summed E-state index contributed by atoms with van der Waals surface area (Å²) in [6, 6.07) is 0.233. The Morgan fingerprint density at radius 1 is 1.56 bits per heavy atom. The molecule has 0 aromatic heterocycles. The number of nitrogens with one attached hydrogen (secondary N) is 2. The number of carbonyl (C=O) groups excluding carboxylic acids is 1. The quantitative estimate of drug-likeness (QED) is 0.741. The summed E-state index contributed by atoms with van der Waals surface area (Å²) in [6.07, 6.45) is 4.59. The van der Waals surface area contributed by atoms with E-state index in [2.05, 4.69) is 17.6 Å². The summed E-state index contributed by atoms with van der Waals surface area (Å²) in [5.74, 6) is 0.377. The number of ether oxygens (including phenoxy) is 1. The van der Waals surface area contributed by atoms with Crippen molar-refractivity contribution in [3.05, 3.63) is 0 Å². The Labute approximate surface area is 97.1 Å². The van der Waals surface area contributed by atoms with Crippen LogP contribution in [0.4, 0.5) is 0 Å². The van der Waals surface area contributed by atoms with Gasteiger partial charge in [-0.25, -0.2) is 0 Å². The average molecular weight is 226 g/mol. The van der Waals surface area contributed by atoms with E-state index >= 15 is 0 Å². The van der Waals surface area contributed by atoms with Gasteiger partial charge < -0.3 is 15.4 Å². The maximum Gasteiger partial charge on any atom is 0.224 e. The van der Waals surface area contributed by atoms with Gasteiger partial charge in [0.2, 0.25) is 5.91 Å². The fourth-order valence-electron chi connectivity index (χ4n) is 2.52. The lowest BCUT2D eigenvalue weighted by atomic mass is 10.1. The van der Waals surface area contributed by atoms with Crippen molar-refractivity contribution in [2.45, 2.75) is 44.8 Å². The van der Waals surface area contributed by atoms with E-state index in [-0.39, 0.29) is 17.9 Å². The summed E-state index contributed by atoms with van der Waals surface area (Å²) in [5.41, 5.74) is 0. The maximum absolute atomic E-state index is 11.8. The summed E-state index contributed by atoms with van der Waals surface area (Å²) in [4.78, 5) is 11.8. The highest BCUT2D eigenvalue weighted by atomic mass is 16.5. The van der Waals surface area contributed by atoms with Gasteiger partial charge in [-0.3, -0.25) is 4.79 Å². The molecule has 0 aromatic carbocycles. The van der Waals surface area contributed by atoms with Gasteiger partial charge in [0.25, 0.3) is 0 Å². The van der Waals surface area contributed by atoms with Crippen LogP contribution in [0.2, 0.25) is 0 Å². The van der Waals surface area contributed by atoms with E-state index in [1.54, 1.807) is 0 Å². The van der Waals surface area contributed by atoms with Crippen molar-refractivity contribution < 1.29 is 9.53 Å². The van der Waals surface area contributed by atoms with Gasteiger partial charge in [0.05, 0.1) is 12.0 Å². The Hall–Kier alpha value is -0.610. The fourth-order valence-corrected chi connectivity index (χ4v) is 2.52. The molecule has 0 saturated carbocycles. The lowest BCUT2D eigenvalue weighted by molar-refractivity contribution is -0.125. The Kier molecular flexibility index (Phi) is 4.18. The number of amides is 1. The van der Waals surface area contributed by atoms with Gasteiger partial charge in [-0.15, -0.1) is 0 Å². The number of hydrogen-bond acceptors (Lipinski definition) is 3. The predicted molar refractivity (Wildman–Crippen MR) is 62.2 cm³/mol. The van der Waals surface area contributed by atoms with Gasteiger partial charge in [0.15, 0.2) is 0 Å². The Morgan fingerprint density at radius 3 is 3.06 bits per heavy atom. The monoisotopic (exact) mass is 226 g/mol.